The molecule has 0 radical (unpaired) electrons. The molecule has 0 saturated heterocycles. The summed E-state index contributed by atoms with van der Waals surface area (Å²) in [6.45, 7) is 0.313. The zero-order valence-corrected chi connectivity index (χ0v) is 18.0. The molecule has 0 bridgehead atoms. The van der Waals surface area contributed by atoms with Crippen molar-refractivity contribution in [2.45, 2.75) is 18.6 Å². The quantitative estimate of drug-likeness (QED) is 0.423. The Bertz CT molecular complexity index is 1370. The van der Waals surface area contributed by atoms with Gasteiger partial charge in [-0.05, 0) is 34.0 Å². The van der Waals surface area contributed by atoms with E-state index in [2.05, 4.69) is 0 Å². The number of allylic oxidation sites excluding steroid dienone is 1. The number of fused-ring (bicyclic) bond motifs is 2. The second-order valence-electron chi connectivity index (χ2n) is 8.29. The van der Waals surface area contributed by atoms with Gasteiger partial charge in [0.1, 0.15) is 0 Å². The molecule has 1 amide bonds. The van der Waals surface area contributed by atoms with Gasteiger partial charge in [0.05, 0.1) is 18.7 Å². The van der Waals surface area contributed by atoms with Gasteiger partial charge in [-0.2, -0.15) is 0 Å². The topological polar surface area (TPSA) is 57.6 Å². The van der Waals surface area contributed by atoms with E-state index in [1.165, 1.54) is 6.08 Å². The van der Waals surface area contributed by atoms with Crippen molar-refractivity contribution >= 4 is 34.2 Å². The van der Waals surface area contributed by atoms with Crippen LogP contribution in [-0.4, -0.2) is 16.8 Å². The van der Waals surface area contributed by atoms with Gasteiger partial charge in [0.25, 0.3) is 5.91 Å². The summed E-state index contributed by atoms with van der Waals surface area (Å²) in [4.78, 5) is 27.9. The number of carbonyl (C=O) groups excluding carboxylic acids is 2. The maximum absolute atomic E-state index is 13.5. The number of nitrogens with zero attached hydrogens (tertiary/aromatic N) is 1. The van der Waals surface area contributed by atoms with Crippen molar-refractivity contribution in [2.24, 2.45) is 0 Å². The lowest BCUT2D eigenvalue weighted by Crippen LogP contribution is -2.41. The normalized spacial score (nSPS) is 17.6. The molecule has 1 aliphatic rings. The summed E-state index contributed by atoms with van der Waals surface area (Å²) in [6, 6.07) is 30.6. The Hall–Kier alpha value is -4.02. The van der Waals surface area contributed by atoms with Crippen LogP contribution in [0.5, 0.6) is 0 Å². The number of amides is 1. The van der Waals surface area contributed by atoms with E-state index < -0.39 is 11.5 Å². The van der Waals surface area contributed by atoms with Gasteiger partial charge in [-0.25, -0.2) is 0 Å². The first kappa shape index (κ1) is 20.9. The van der Waals surface area contributed by atoms with E-state index in [0.29, 0.717) is 17.8 Å². The van der Waals surface area contributed by atoms with Crippen LogP contribution in [0, 0.1) is 0 Å². The summed E-state index contributed by atoms with van der Waals surface area (Å²) >= 11 is 0. The molecular weight excluding hydrogens is 410 g/mol. The first-order valence-corrected chi connectivity index (χ1v) is 10.9. The molecule has 0 spiro atoms. The summed E-state index contributed by atoms with van der Waals surface area (Å²) in [5.41, 5.74) is 1.08. The van der Waals surface area contributed by atoms with Gasteiger partial charge in [0, 0.05) is 5.56 Å². The molecule has 4 aromatic rings. The fourth-order valence-electron chi connectivity index (χ4n) is 4.50. The summed E-state index contributed by atoms with van der Waals surface area (Å²) in [5.74, 6) is -0.783. The van der Waals surface area contributed by atoms with Gasteiger partial charge in [-0.3, -0.25) is 9.59 Å². The molecule has 1 unspecified atom stereocenters. The Morgan fingerprint density at radius 3 is 2.39 bits per heavy atom. The summed E-state index contributed by atoms with van der Waals surface area (Å²) in [6.07, 6.45) is 2.82. The number of para-hydroxylation sites is 1. The molecule has 33 heavy (non-hydrogen) atoms. The van der Waals surface area contributed by atoms with Crippen LogP contribution in [0.3, 0.4) is 0 Å². The van der Waals surface area contributed by atoms with Crippen LogP contribution in [0.25, 0.3) is 16.8 Å². The molecule has 4 aromatic carbocycles. The molecule has 1 heterocycles. The van der Waals surface area contributed by atoms with Crippen LogP contribution in [0.2, 0.25) is 0 Å². The van der Waals surface area contributed by atoms with Crippen molar-refractivity contribution < 1.29 is 14.7 Å². The van der Waals surface area contributed by atoms with Crippen LogP contribution in [0.1, 0.15) is 23.1 Å². The lowest BCUT2D eigenvalue weighted by Gasteiger charge is -2.23. The van der Waals surface area contributed by atoms with Crippen LogP contribution >= 0.6 is 0 Å². The third-order valence-corrected chi connectivity index (χ3v) is 6.14. The lowest BCUT2D eigenvalue weighted by atomic mass is 9.89. The Kier molecular flexibility index (Phi) is 5.37. The van der Waals surface area contributed by atoms with Crippen molar-refractivity contribution in [3.8, 4) is 0 Å². The number of anilines is 1. The first-order valence-electron chi connectivity index (χ1n) is 10.9. The van der Waals surface area contributed by atoms with Gasteiger partial charge >= 0.3 is 0 Å². The molecule has 162 valence electrons. The number of ketones is 1. The smallest absolute Gasteiger partial charge is 0.264 e. The number of hydrogen-bond donors (Lipinski definition) is 1. The van der Waals surface area contributed by atoms with E-state index in [0.717, 1.165) is 21.9 Å². The van der Waals surface area contributed by atoms with Crippen molar-refractivity contribution in [1.82, 2.24) is 0 Å². The molecule has 1 atom stereocenters. The van der Waals surface area contributed by atoms with Crippen molar-refractivity contribution in [1.29, 1.82) is 0 Å². The molecule has 1 aliphatic heterocycles. The van der Waals surface area contributed by atoms with E-state index in [-0.39, 0.29) is 12.2 Å². The van der Waals surface area contributed by atoms with Crippen LogP contribution < -0.4 is 4.90 Å². The molecule has 4 heteroatoms. The number of carbonyl (C=O) groups is 2. The zero-order chi connectivity index (χ0) is 22.8. The molecule has 5 rings (SSSR count). The largest absolute Gasteiger partial charge is 0.375 e. The first-order chi connectivity index (χ1) is 16.1. The highest BCUT2D eigenvalue weighted by Crippen LogP contribution is 2.43. The van der Waals surface area contributed by atoms with Gasteiger partial charge in [0.15, 0.2) is 11.4 Å². The average Bonchev–Trinajstić information content (AvgIpc) is 3.05. The van der Waals surface area contributed by atoms with E-state index in [4.69, 9.17) is 0 Å². The second-order valence-corrected chi connectivity index (χ2v) is 8.29. The van der Waals surface area contributed by atoms with Gasteiger partial charge < -0.3 is 10.0 Å². The van der Waals surface area contributed by atoms with Crippen LogP contribution in [0.4, 0.5) is 5.69 Å². The number of rotatable bonds is 6. The highest BCUT2D eigenvalue weighted by Gasteiger charge is 2.50. The Morgan fingerprint density at radius 2 is 1.55 bits per heavy atom. The lowest BCUT2D eigenvalue weighted by molar-refractivity contribution is -0.140. The summed E-state index contributed by atoms with van der Waals surface area (Å²) in [7, 11) is 0. The number of hydrogen-bond acceptors (Lipinski definition) is 3. The SMILES string of the molecule is O=C(/C=C/c1ccccc1)CC1(O)C(=O)N(Cc2cccc3ccccc23)c2ccccc21. The minimum atomic E-state index is -1.89. The third-order valence-electron chi connectivity index (χ3n) is 6.14. The number of aliphatic hydroxyl groups is 1. The molecule has 0 aliphatic carbocycles. The Balaban J connectivity index is 1.45. The predicted molar refractivity (Wildman–Crippen MR) is 131 cm³/mol. The molecule has 0 fully saturated rings. The fourth-order valence-corrected chi connectivity index (χ4v) is 4.50. The van der Waals surface area contributed by atoms with Crippen molar-refractivity contribution in [3.05, 3.63) is 120 Å². The van der Waals surface area contributed by atoms with E-state index in [9.17, 15) is 14.7 Å². The Labute approximate surface area is 192 Å². The minimum Gasteiger partial charge on any atom is -0.375 e. The monoisotopic (exact) mass is 433 g/mol. The third kappa shape index (κ3) is 3.86. The molecule has 1 N–H and O–H groups in total. The highest BCUT2D eigenvalue weighted by molar-refractivity contribution is 6.10. The predicted octanol–water partition coefficient (Wildman–Crippen LogP) is 5.25. The highest BCUT2D eigenvalue weighted by atomic mass is 16.3. The maximum atomic E-state index is 13.5. The molecule has 0 aromatic heterocycles. The van der Waals surface area contributed by atoms with E-state index in [1.807, 2.05) is 84.9 Å². The minimum absolute atomic E-state index is 0.307. The van der Waals surface area contributed by atoms with Crippen molar-refractivity contribution in [2.75, 3.05) is 4.90 Å². The maximum Gasteiger partial charge on any atom is 0.264 e. The number of benzene rings is 4. The van der Waals surface area contributed by atoms with E-state index in [1.54, 1.807) is 23.1 Å². The standard InChI is InChI=1S/C29H23NO3/c31-24(18-17-21-9-2-1-3-10-21)19-29(33)26-15-6-7-16-27(26)30(28(29)32)20-23-13-8-12-22-11-4-5-14-25(22)23/h1-18,33H,19-20H2/b18-17+. The summed E-state index contributed by atoms with van der Waals surface area (Å²) in [5, 5.41) is 13.6. The molecule has 4 nitrogen and oxygen atoms in total. The van der Waals surface area contributed by atoms with Crippen LogP contribution in [-0.2, 0) is 21.7 Å². The Morgan fingerprint density at radius 1 is 0.848 bits per heavy atom. The molecular formula is C29H23NO3. The second kappa shape index (κ2) is 8.49. The van der Waals surface area contributed by atoms with Gasteiger partial charge in [-0.15, -0.1) is 0 Å². The zero-order valence-electron chi connectivity index (χ0n) is 18.0. The average molecular weight is 434 g/mol. The summed E-state index contributed by atoms with van der Waals surface area (Å²) < 4.78 is 0. The van der Waals surface area contributed by atoms with Gasteiger partial charge in [0.2, 0.25) is 0 Å². The van der Waals surface area contributed by atoms with Gasteiger partial charge in [-0.1, -0.05) is 97.1 Å². The van der Waals surface area contributed by atoms with Crippen LogP contribution in [0.15, 0.2) is 103 Å². The van der Waals surface area contributed by atoms with Crippen molar-refractivity contribution in [3.63, 3.8) is 0 Å². The van der Waals surface area contributed by atoms with E-state index >= 15 is 0 Å². The molecule has 0 saturated carbocycles. The fraction of sp³-hybridized carbons (Fsp3) is 0.103.